The molecule has 2 bridgehead atoms. The van der Waals surface area contributed by atoms with Crippen LogP contribution < -0.4 is 0 Å². The van der Waals surface area contributed by atoms with Crippen LogP contribution in [0.3, 0.4) is 0 Å². The zero-order valence-corrected chi connectivity index (χ0v) is 15.9. The molecule has 0 N–H and O–H groups in total. The molecular weight excluding hydrogens is 338 g/mol. The van der Waals surface area contributed by atoms with Gasteiger partial charge in [-0.2, -0.15) is 4.98 Å². The normalized spacial score (nSPS) is 30.0. The SMILES string of the molecule is Cc1cccc(-c2noc([C@H]3[C@@H]4CC[C@@H](C4)[C@@H]3C(=O)N3CCCCC3)n2)c1. The number of piperidine rings is 1. The summed E-state index contributed by atoms with van der Waals surface area (Å²) >= 11 is 0. The van der Waals surface area contributed by atoms with Crippen LogP contribution in [-0.4, -0.2) is 34.0 Å². The Kier molecular flexibility index (Phi) is 4.25. The zero-order valence-electron chi connectivity index (χ0n) is 15.9. The van der Waals surface area contributed by atoms with Gasteiger partial charge in [0.1, 0.15) is 0 Å². The Morgan fingerprint density at radius 3 is 2.78 bits per heavy atom. The molecule has 4 atom stereocenters. The molecule has 2 heterocycles. The van der Waals surface area contributed by atoms with Crippen molar-refractivity contribution in [3.63, 3.8) is 0 Å². The molecule has 1 aromatic carbocycles. The van der Waals surface area contributed by atoms with Gasteiger partial charge in [-0.1, -0.05) is 28.9 Å². The molecule has 1 aromatic heterocycles. The van der Waals surface area contributed by atoms with Gasteiger partial charge >= 0.3 is 0 Å². The average molecular weight is 365 g/mol. The van der Waals surface area contributed by atoms with Gasteiger partial charge in [-0.3, -0.25) is 4.79 Å². The maximum atomic E-state index is 13.3. The Hall–Kier alpha value is -2.17. The summed E-state index contributed by atoms with van der Waals surface area (Å²) in [5.74, 6) is 2.79. The second kappa shape index (κ2) is 6.77. The first-order valence-corrected chi connectivity index (χ1v) is 10.4. The first kappa shape index (κ1) is 17.0. The van der Waals surface area contributed by atoms with E-state index >= 15 is 0 Å². The molecule has 5 nitrogen and oxygen atoms in total. The lowest BCUT2D eigenvalue weighted by Gasteiger charge is -2.34. The quantitative estimate of drug-likeness (QED) is 0.818. The van der Waals surface area contributed by atoms with E-state index in [1.54, 1.807) is 0 Å². The summed E-state index contributed by atoms with van der Waals surface area (Å²) in [6.07, 6.45) is 7.00. The van der Waals surface area contributed by atoms with Crippen molar-refractivity contribution in [2.45, 2.75) is 51.4 Å². The van der Waals surface area contributed by atoms with Crippen LogP contribution in [0.25, 0.3) is 11.4 Å². The number of hydrogen-bond acceptors (Lipinski definition) is 4. The smallest absolute Gasteiger partial charge is 0.231 e. The minimum Gasteiger partial charge on any atom is -0.342 e. The Morgan fingerprint density at radius 1 is 1.15 bits per heavy atom. The number of rotatable bonds is 3. The molecule has 0 unspecified atom stereocenters. The van der Waals surface area contributed by atoms with Gasteiger partial charge in [0, 0.05) is 18.7 Å². The van der Waals surface area contributed by atoms with Gasteiger partial charge in [0.05, 0.1) is 11.8 Å². The van der Waals surface area contributed by atoms with Gasteiger partial charge < -0.3 is 9.42 Å². The Bertz CT molecular complexity index is 840. The topological polar surface area (TPSA) is 59.2 Å². The van der Waals surface area contributed by atoms with Crippen molar-refractivity contribution in [2.24, 2.45) is 17.8 Å². The van der Waals surface area contributed by atoms with Crippen molar-refractivity contribution in [1.29, 1.82) is 0 Å². The van der Waals surface area contributed by atoms with E-state index < -0.39 is 0 Å². The highest BCUT2D eigenvalue weighted by atomic mass is 16.5. The fraction of sp³-hybridized carbons (Fsp3) is 0.591. The summed E-state index contributed by atoms with van der Waals surface area (Å²) in [4.78, 5) is 20.2. The Labute approximate surface area is 160 Å². The number of carbonyl (C=O) groups is 1. The predicted octanol–water partition coefficient (Wildman–Crippen LogP) is 4.19. The molecule has 5 heteroatoms. The van der Waals surface area contributed by atoms with Gasteiger partial charge in [0.25, 0.3) is 0 Å². The molecule has 0 spiro atoms. The van der Waals surface area contributed by atoms with Crippen molar-refractivity contribution in [1.82, 2.24) is 15.0 Å². The fourth-order valence-corrected chi connectivity index (χ4v) is 5.60. The lowest BCUT2D eigenvalue weighted by molar-refractivity contribution is -0.139. The van der Waals surface area contributed by atoms with Gasteiger partial charge in [0.2, 0.25) is 17.6 Å². The number of hydrogen-bond donors (Lipinski definition) is 0. The van der Waals surface area contributed by atoms with E-state index in [0.717, 1.165) is 37.9 Å². The third-order valence-corrected chi connectivity index (χ3v) is 6.87. The summed E-state index contributed by atoms with van der Waals surface area (Å²) < 4.78 is 5.73. The molecule has 0 radical (unpaired) electrons. The average Bonchev–Trinajstić information content (AvgIpc) is 3.43. The first-order chi connectivity index (χ1) is 13.2. The summed E-state index contributed by atoms with van der Waals surface area (Å²) in [5.41, 5.74) is 2.16. The van der Waals surface area contributed by atoms with Crippen molar-refractivity contribution >= 4 is 5.91 Å². The van der Waals surface area contributed by atoms with E-state index in [2.05, 4.69) is 29.1 Å². The molecule has 1 saturated heterocycles. The van der Waals surface area contributed by atoms with E-state index in [-0.39, 0.29) is 11.8 Å². The van der Waals surface area contributed by atoms with Gasteiger partial charge in [-0.15, -0.1) is 0 Å². The highest BCUT2D eigenvalue weighted by Crippen LogP contribution is 2.57. The van der Waals surface area contributed by atoms with Crippen molar-refractivity contribution in [3.05, 3.63) is 35.7 Å². The van der Waals surface area contributed by atoms with Crippen LogP contribution in [0.1, 0.15) is 55.9 Å². The molecule has 1 aliphatic heterocycles. The maximum Gasteiger partial charge on any atom is 0.231 e. The monoisotopic (exact) mass is 365 g/mol. The summed E-state index contributed by atoms with van der Waals surface area (Å²) in [6.45, 7) is 3.89. The third-order valence-electron chi connectivity index (χ3n) is 6.87. The lowest BCUT2D eigenvalue weighted by Crippen LogP contribution is -2.43. The first-order valence-electron chi connectivity index (χ1n) is 10.4. The number of aromatic nitrogens is 2. The lowest BCUT2D eigenvalue weighted by atomic mass is 9.78. The number of amides is 1. The second-order valence-electron chi connectivity index (χ2n) is 8.60. The largest absolute Gasteiger partial charge is 0.342 e. The minimum absolute atomic E-state index is 0.0349. The molecule has 2 saturated carbocycles. The van der Waals surface area contributed by atoms with E-state index in [1.807, 2.05) is 12.1 Å². The van der Waals surface area contributed by atoms with Gasteiger partial charge in [0.15, 0.2) is 0 Å². The molecule has 142 valence electrons. The van der Waals surface area contributed by atoms with Crippen molar-refractivity contribution in [2.75, 3.05) is 13.1 Å². The summed E-state index contributed by atoms with van der Waals surface area (Å²) in [6, 6.07) is 8.17. The van der Waals surface area contributed by atoms with Crippen LogP contribution in [0.2, 0.25) is 0 Å². The zero-order chi connectivity index (χ0) is 18.4. The number of carbonyl (C=O) groups excluding carboxylic acids is 1. The Morgan fingerprint density at radius 2 is 1.96 bits per heavy atom. The molecule has 2 aromatic rings. The molecule has 5 rings (SSSR count). The second-order valence-corrected chi connectivity index (χ2v) is 8.60. The number of nitrogens with zero attached hydrogens (tertiary/aromatic N) is 3. The van der Waals surface area contributed by atoms with E-state index in [1.165, 1.54) is 24.8 Å². The number of likely N-dealkylation sites (tertiary alicyclic amines) is 1. The fourth-order valence-electron chi connectivity index (χ4n) is 5.60. The van der Waals surface area contributed by atoms with Crippen LogP contribution in [0.5, 0.6) is 0 Å². The van der Waals surface area contributed by atoms with Gasteiger partial charge in [-0.05, 0) is 63.4 Å². The van der Waals surface area contributed by atoms with E-state index in [0.29, 0.717) is 29.5 Å². The van der Waals surface area contributed by atoms with Crippen molar-refractivity contribution < 1.29 is 9.32 Å². The molecule has 3 fully saturated rings. The summed E-state index contributed by atoms with van der Waals surface area (Å²) in [5, 5.41) is 4.25. The van der Waals surface area contributed by atoms with Crippen LogP contribution in [-0.2, 0) is 4.79 Å². The summed E-state index contributed by atoms with van der Waals surface area (Å²) in [7, 11) is 0. The third kappa shape index (κ3) is 2.97. The van der Waals surface area contributed by atoms with Crippen LogP contribution in [0.15, 0.2) is 28.8 Å². The van der Waals surface area contributed by atoms with E-state index in [4.69, 9.17) is 9.51 Å². The highest BCUT2D eigenvalue weighted by molar-refractivity contribution is 5.81. The van der Waals surface area contributed by atoms with Crippen molar-refractivity contribution in [3.8, 4) is 11.4 Å². The van der Waals surface area contributed by atoms with Crippen LogP contribution >= 0.6 is 0 Å². The number of aryl methyl sites for hydroxylation is 1. The molecular formula is C22H27N3O2. The minimum atomic E-state index is 0.0349. The van der Waals surface area contributed by atoms with Gasteiger partial charge in [-0.25, -0.2) is 0 Å². The van der Waals surface area contributed by atoms with E-state index in [9.17, 15) is 4.79 Å². The van der Waals surface area contributed by atoms with Crippen LogP contribution in [0, 0.1) is 24.7 Å². The highest BCUT2D eigenvalue weighted by Gasteiger charge is 2.54. The molecule has 3 aliphatic rings. The number of benzene rings is 1. The standard InChI is InChI=1S/C22H27N3O2/c1-14-6-5-7-17(12-14)20-23-21(27-24-20)18-15-8-9-16(13-15)19(18)22(26)25-10-3-2-4-11-25/h5-7,12,15-16,18-19H,2-4,8-11,13H2,1H3/t15-,16+,18+,19+/m1/s1. The predicted molar refractivity (Wildman–Crippen MR) is 102 cm³/mol. The molecule has 1 amide bonds. The Balaban J connectivity index is 1.43. The molecule has 2 aliphatic carbocycles. The number of fused-ring (bicyclic) bond motifs is 2. The maximum absolute atomic E-state index is 13.3. The van der Waals surface area contributed by atoms with Crippen LogP contribution in [0.4, 0.5) is 0 Å². The molecule has 27 heavy (non-hydrogen) atoms.